The molecule has 5 nitrogen and oxygen atoms in total. The SMILES string of the molecule is CN1CCc2cc(C(O)CNS(=O)(=O)Cc3cccc(F)c3)ccc21. The molecule has 1 aliphatic rings. The van der Waals surface area contributed by atoms with E-state index in [4.69, 9.17) is 0 Å². The van der Waals surface area contributed by atoms with Gasteiger partial charge >= 0.3 is 0 Å². The van der Waals surface area contributed by atoms with Crippen LogP contribution in [0.2, 0.25) is 0 Å². The van der Waals surface area contributed by atoms with Crippen LogP contribution in [0.5, 0.6) is 0 Å². The molecule has 1 heterocycles. The van der Waals surface area contributed by atoms with Crippen molar-refractivity contribution in [2.75, 3.05) is 25.0 Å². The van der Waals surface area contributed by atoms with E-state index < -0.39 is 21.9 Å². The van der Waals surface area contributed by atoms with Gasteiger partial charge in [0.2, 0.25) is 10.0 Å². The zero-order chi connectivity index (χ0) is 18.0. The van der Waals surface area contributed by atoms with Crippen LogP contribution < -0.4 is 9.62 Å². The topological polar surface area (TPSA) is 69.6 Å². The van der Waals surface area contributed by atoms with Gasteiger partial charge in [-0.25, -0.2) is 17.5 Å². The van der Waals surface area contributed by atoms with E-state index in [0.717, 1.165) is 24.2 Å². The van der Waals surface area contributed by atoms with Gasteiger partial charge in [0.1, 0.15) is 5.82 Å². The second-order valence-corrected chi connectivity index (χ2v) is 8.12. The lowest BCUT2D eigenvalue weighted by Gasteiger charge is -2.15. The van der Waals surface area contributed by atoms with Gasteiger partial charge in [0.15, 0.2) is 0 Å². The van der Waals surface area contributed by atoms with E-state index in [0.29, 0.717) is 11.1 Å². The Balaban J connectivity index is 1.62. The molecule has 0 radical (unpaired) electrons. The highest BCUT2D eigenvalue weighted by Gasteiger charge is 2.19. The molecule has 25 heavy (non-hydrogen) atoms. The maximum Gasteiger partial charge on any atom is 0.215 e. The Kier molecular flexibility index (Phi) is 5.08. The lowest BCUT2D eigenvalue weighted by atomic mass is 10.0. The van der Waals surface area contributed by atoms with Crippen molar-refractivity contribution in [3.8, 4) is 0 Å². The number of aliphatic hydroxyl groups is 1. The molecule has 0 aliphatic carbocycles. The fraction of sp³-hybridized carbons (Fsp3) is 0.333. The number of aliphatic hydroxyl groups excluding tert-OH is 1. The number of fused-ring (bicyclic) bond motifs is 1. The number of benzene rings is 2. The van der Waals surface area contributed by atoms with Crippen LogP contribution in [0.3, 0.4) is 0 Å². The summed E-state index contributed by atoms with van der Waals surface area (Å²) >= 11 is 0. The first-order valence-corrected chi connectivity index (χ1v) is 9.73. The number of nitrogens with one attached hydrogen (secondary N) is 1. The first-order chi connectivity index (χ1) is 11.8. The number of sulfonamides is 1. The van der Waals surface area contributed by atoms with Gasteiger partial charge in [-0.3, -0.25) is 0 Å². The third-order valence-electron chi connectivity index (χ3n) is 4.36. The molecule has 0 saturated heterocycles. The van der Waals surface area contributed by atoms with Gasteiger partial charge in [0.05, 0.1) is 11.9 Å². The van der Waals surface area contributed by atoms with E-state index in [-0.39, 0.29) is 12.3 Å². The smallest absolute Gasteiger partial charge is 0.215 e. The first kappa shape index (κ1) is 17.8. The van der Waals surface area contributed by atoms with Crippen LogP contribution in [-0.4, -0.2) is 33.7 Å². The summed E-state index contributed by atoms with van der Waals surface area (Å²) in [4.78, 5) is 2.15. The molecule has 0 aromatic heterocycles. The van der Waals surface area contributed by atoms with Crippen molar-refractivity contribution in [1.82, 2.24) is 4.72 Å². The van der Waals surface area contributed by atoms with Gasteiger partial charge in [-0.2, -0.15) is 0 Å². The fourth-order valence-electron chi connectivity index (χ4n) is 3.01. The molecule has 0 amide bonds. The monoisotopic (exact) mass is 364 g/mol. The van der Waals surface area contributed by atoms with E-state index in [1.807, 2.05) is 25.2 Å². The van der Waals surface area contributed by atoms with Crippen molar-refractivity contribution in [3.63, 3.8) is 0 Å². The predicted octanol–water partition coefficient (Wildman–Crippen LogP) is 1.97. The minimum atomic E-state index is -3.66. The van der Waals surface area contributed by atoms with Crippen LogP contribution in [0.4, 0.5) is 10.1 Å². The average molecular weight is 364 g/mol. The zero-order valence-corrected chi connectivity index (χ0v) is 14.8. The molecule has 1 unspecified atom stereocenters. The van der Waals surface area contributed by atoms with E-state index in [1.54, 1.807) is 6.07 Å². The molecule has 1 atom stereocenters. The van der Waals surface area contributed by atoms with Crippen molar-refractivity contribution in [2.45, 2.75) is 18.3 Å². The third-order valence-corrected chi connectivity index (χ3v) is 5.68. The molecular weight excluding hydrogens is 343 g/mol. The molecule has 0 spiro atoms. The van der Waals surface area contributed by atoms with Crippen LogP contribution in [-0.2, 0) is 22.2 Å². The summed E-state index contributed by atoms with van der Waals surface area (Å²) in [6.07, 6.45) is -0.0176. The predicted molar refractivity (Wildman–Crippen MR) is 95.4 cm³/mol. The Hall–Kier alpha value is -1.96. The number of halogens is 1. The van der Waals surface area contributed by atoms with Gasteiger partial charge < -0.3 is 10.0 Å². The lowest BCUT2D eigenvalue weighted by molar-refractivity contribution is 0.182. The summed E-state index contributed by atoms with van der Waals surface area (Å²) in [7, 11) is -1.64. The van der Waals surface area contributed by atoms with Gasteiger partial charge in [-0.15, -0.1) is 0 Å². The van der Waals surface area contributed by atoms with Gasteiger partial charge in [0, 0.05) is 25.8 Å². The largest absolute Gasteiger partial charge is 0.387 e. The number of hydrogen-bond donors (Lipinski definition) is 2. The molecule has 134 valence electrons. The van der Waals surface area contributed by atoms with E-state index >= 15 is 0 Å². The van der Waals surface area contributed by atoms with E-state index in [9.17, 15) is 17.9 Å². The summed E-state index contributed by atoms with van der Waals surface area (Å²) in [6, 6.07) is 11.1. The standard InChI is InChI=1S/C18H21FN2O3S/c1-21-8-7-14-10-15(5-6-17(14)21)18(22)11-20-25(23,24)12-13-3-2-4-16(19)9-13/h2-6,9-10,18,20,22H,7-8,11-12H2,1H3. The highest BCUT2D eigenvalue weighted by atomic mass is 32.2. The normalized spacial score (nSPS) is 15.2. The van der Waals surface area contributed by atoms with Crippen LogP contribution >= 0.6 is 0 Å². The van der Waals surface area contributed by atoms with Crippen molar-refractivity contribution in [2.24, 2.45) is 0 Å². The average Bonchev–Trinajstić information content (AvgIpc) is 2.93. The number of nitrogens with zero attached hydrogens (tertiary/aromatic N) is 1. The Bertz CT molecular complexity index is 870. The fourth-order valence-corrected chi connectivity index (χ4v) is 4.15. The second-order valence-electron chi connectivity index (χ2n) is 6.31. The number of likely N-dealkylation sites (N-methyl/N-ethyl adjacent to an activating group) is 1. The summed E-state index contributed by atoms with van der Waals surface area (Å²) in [5.41, 5.74) is 3.34. The number of rotatable bonds is 6. The molecule has 1 aliphatic heterocycles. The zero-order valence-electron chi connectivity index (χ0n) is 13.9. The maximum absolute atomic E-state index is 13.2. The van der Waals surface area contributed by atoms with E-state index in [2.05, 4.69) is 9.62 Å². The molecule has 2 N–H and O–H groups in total. The van der Waals surface area contributed by atoms with Gasteiger partial charge in [0.25, 0.3) is 0 Å². The summed E-state index contributed by atoms with van der Waals surface area (Å²) in [5, 5.41) is 10.3. The molecule has 0 fully saturated rings. The Morgan fingerprint density at radius 2 is 2.08 bits per heavy atom. The summed E-state index contributed by atoms with van der Waals surface area (Å²) in [5.74, 6) is -0.803. The molecule has 3 rings (SSSR count). The Labute approximate surface area is 147 Å². The van der Waals surface area contributed by atoms with Crippen molar-refractivity contribution in [1.29, 1.82) is 0 Å². The molecule has 2 aromatic carbocycles. The van der Waals surface area contributed by atoms with Gasteiger partial charge in [-0.05, 0) is 41.3 Å². The highest BCUT2D eigenvalue weighted by molar-refractivity contribution is 7.88. The minimum absolute atomic E-state index is 0.119. The molecular formula is C18H21FN2O3S. The third kappa shape index (κ3) is 4.36. The van der Waals surface area contributed by atoms with Crippen molar-refractivity contribution < 1.29 is 17.9 Å². The van der Waals surface area contributed by atoms with Gasteiger partial charge in [-0.1, -0.05) is 24.3 Å². The Morgan fingerprint density at radius 1 is 1.28 bits per heavy atom. The number of anilines is 1. The molecule has 0 saturated carbocycles. The number of hydrogen-bond acceptors (Lipinski definition) is 4. The van der Waals surface area contributed by atoms with Crippen LogP contribution in [0, 0.1) is 5.82 Å². The summed E-state index contributed by atoms with van der Waals surface area (Å²) in [6.45, 7) is 0.821. The molecule has 7 heteroatoms. The first-order valence-electron chi connectivity index (χ1n) is 8.08. The van der Waals surface area contributed by atoms with Crippen molar-refractivity contribution >= 4 is 15.7 Å². The van der Waals surface area contributed by atoms with Crippen molar-refractivity contribution in [3.05, 3.63) is 65.0 Å². The molecule has 2 aromatic rings. The van der Waals surface area contributed by atoms with Crippen LogP contribution in [0.25, 0.3) is 0 Å². The minimum Gasteiger partial charge on any atom is -0.387 e. The highest BCUT2D eigenvalue weighted by Crippen LogP contribution is 2.29. The van der Waals surface area contributed by atoms with E-state index in [1.165, 1.54) is 18.2 Å². The van der Waals surface area contributed by atoms with Crippen LogP contribution in [0.15, 0.2) is 42.5 Å². The maximum atomic E-state index is 13.2. The summed E-state index contributed by atoms with van der Waals surface area (Å²) < 4.78 is 39.8. The quantitative estimate of drug-likeness (QED) is 0.822. The Morgan fingerprint density at radius 3 is 2.84 bits per heavy atom. The van der Waals surface area contributed by atoms with Crippen LogP contribution in [0.1, 0.15) is 22.8 Å². The second kappa shape index (κ2) is 7.11. The lowest BCUT2D eigenvalue weighted by Crippen LogP contribution is -2.29. The molecule has 0 bridgehead atoms.